The number of hydrogen-bond acceptors (Lipinski definition) is 6. The van der Waals surface area contributed by atoms with Crippen molar-refractivity contribution in [2.75, 3.05) is 32.8 Å². The minimum Gasteiger partial charge on any atom is -0.491 e. The Kier molecular flexibility index (Phi) is 6.48. The molecule has 0 radical (unpaired) electrons. The molecule has 0 aliphatic carbocycles. The summed E-state index contributed by atoms with van der Waals surface area (Å²) in [4.78, 5) is 16.3. The van der Waals surface area contributed by atoms with Crippen LogP contribution in [0.2, 0.25) is 0 Å². The average molecular weight is 449 g/mol. The van der Waals surface area contributed by atoms with Gasteiger partial charge in [-0.2, -0.15) is 0 Å². The first-order valence-electron chi connectivity index (χ1n) is 11.4. The Bertz CT molecular complexity index is 1100. The summed E-state index contributed by atoms with van der Waals surface area (Å²) in [6.45, 7) is 3.88. The van der Waals surface area contributed by atoms with Crippen LogP contribution in [0.5, 0.6) is 5.75 Å². The maximum atomic E-state index is 12.2. The van der Waals surface area contributed by atoms with E-state index in [1.807, 2.05) is 54.6 Å². The van der Waals surface area contributed by atoms with Crippen molar-refractivity contribution >= 4 is 16.9 Å². The lowest BCUT2D eigenvalue weighted by Gasteiger charge is -2.33. The molecule has 33 heavy (non-hydrogen) atoms. The number of hydrogen-bond donors (Lipinski definition) is 0. The van der Waals surface area contributed by atoms with E-state index in [4.69, 9.17) is 18.6 Å². The summed E-state index contributed by atoms with van der Waals surface area (Å²) >= 11 is 0. The first-order chi connectivity index (χ1) is 16.2. The number of carbonyl (C=O) groups is 1. The Hall–Kier alpha value is -3.45. The lowest BCUT2D eigenvalue weighted by atomic mass is 10.1. The lowest BCUT2D eigenvalue weighted by Crippen LogP contribution is -2.40. The zero-order chi connectivity index (χ0) is 22.5. The number of carbonyl (C=O) groups excluding carboxylic acids is 1. The highest BCUT2D eigenvalue weighted by Crippen LogP contribution is 2.26. The van der Waals surface area contributed by atoms with Crippen LogP contribution in [-0.4, -0.2) is 54.7 Å². The van der Waals surface area contributed by atoms with E-state index >= 15 is 0 Å². The Morgan fingerprint density at radius 1 is 1.00 bits per heavy atom. The number of amides is 1. The van der Waals surface area contributed by atoms with Crippen LogP contribution in [0.1, 0.15) is 18.4 Å². The molecular weight excluding hydrogens is 420 g/mol. The third kappa shape index (κ3) is 5.31. The minimum absolute atomic E-state index is 0.0122. The second-order valence-corrected chi connectivity index (χ2v) is 8.34. The predicted octanol–water partition coefficient (Wildman–Crippen LogP) is 4.15. The zero-order valence-corrected chi connectivity index (χ0v) is 18.5. The van der Waals surface area contributed by atoms with Gasteiger partial charge in [0, 0.05) is 19.6 Å². The molecule has 0 atom stereocenters. The smallest absolute Gasteiger partial charge is 0.297 e. The van der Waals surface area contributed by atoms with Gasteiger partial charge in [-0.05, 0) is 36.6 Å². The zero-order valence-electron chi connectivity index (χ0n) is 18.5. The molecule has 1 saturated heterocycles. The molecule has 0 unspecified atom stereocenters. The van der Waals surface area contributed by atoms with Gasteiger partial charge < -0.3 is 23.5 Å². The number of nitrogens with zero attached hydrogens (tertiary/aromatic N) is 2. The van der Waals surface area contributed by atoms with Crippen LogP contribution >= 0.6 is 0 Å². The number of likely N-dealkylation sites (tertiary alicyclic amines) is 1. The minimum atomic E-state index is -0.0628. The summed E-state index contributed by atoms with van der Waals surface area (Å²) in [5, 5.41) is 1.00. The molecule has 2 aromatic carbocycles. The summed E-state index contributed by atoms with van der Waals surface area (Å²) in [5.74, 6) is 1.23. The highest BCUT2D eigenvalue weighted by molar-refractivity contribution is 5.83. The number of piperidine rings is 1. The summed E-state index contributed by atoms with van der Waals surface area (Å²) in [5.41, 5.74) is 1.91. The van der Waals surface area contributed by atoms with Gasteiger partial charge in [-0.3, -0.25) is 9.69 Å². The average Bonchev–Trinajstić information content (AvgIpc) is 3.33. The monoisotopic (exact) mass is 448 g/mol. The lowest BCUT2D eigenvalue weighted by molar-refractivity contribution is -0.140. The molecule has 2 aliphatic rings. The Labute approximate surface area is 193 Å². The molecule has 7 heteroatoms. The molecule has 3 aromatic rings. The number of ether oxygens (including phenoxy) is 3. The van der Waals surface area contributed by atoms with Crippen LogP contribution in [0.4, 0.5) is 0 Å². The van der Waals surface area contributed by atoms with Gasteiger partial charge in [0.25, 0.3) is 11.9 Å². The fourth-order valence-electron chi connectivity index (χ4n) is 4.22. The summed E-state index contributed by atoms with van der Waals surface area (Å²) < 4.78 is 23.1. The summed E-state index contributed by atoms with van der Waals surface area (Å²) in [6.07, 6.45) is 5.27. The predicted molar refractivity (Wildman–Crippen MR) is 123 cm³/mol. The number of benzene rings is 2. The second-order valence-electron chi connectivity index (χ2n) is 8.34. The van der Waals surface area contributed by atoms with E-state index in [2.05, 4.69) is 4.90 Å². The highest BCUT2D eigenvalue weighted by Gasteiger charge is 2.26. The van der Waals surface area contributed by atoms with E-state index in [1.165, 1.54) is 0 Å². The molecule has 1 fully saturated rings. The van der Waals surface area contributed by atoms with Crippen molar-refractivity contribution < 1.29 is 23.4 Å². The van der Waals surface area contributed by atoms with Crippen molar-refractivity contribution in [3.8, 4) is 5.75 Å². The van der Waals surface area contributed by atoms with E-state index in [0.29, 0.717) is 19.1 Å². The van der Waals surface area contributed by atoms with Gasteiger partial charge in [-0.15, -0.1) is 0 Å². The summed E-state index contributed by atoms with van der Waals surface area (Å²) in [7, 11) is 0. The van der Waals surface area contributed by atoms with Gasteiger partial charge >= 0.3 is 0 Å². The van der Waals surface area contributed by atoms with Crippen LogP contribution < -0.4 is 4.74 Å². The molecule has 172 valence electrons. The van der Waals surface area contributed by atoms with Crippen molar-refractivity contribution in [1.82, 2.24) is 9.80 Å². The van der Waals surface area contributed by atoms with Crippen molar-refractivity contribution in [1.29, 1.82) is 0 Å². The fourth-order valence-corrected chi connectivity index (χ4v) is 4.22. The topological polar surface area (TPSA) is 64.4 Å². The molecule has 2 aliphatic heterocycles. The molecule has 0 bridgehead atoms. The SMILES string of the molecule is O=C1COC(OC2CCN(CCOc3cccc4occc34)CC2)=CN1Cc1ccccc1. The third-order valence-corrected chi connectivity index (χ3v) is 6.05. The van der Waals surface area contributed by atoms with Crippen LogP contribution in [0.15, 0.2) is 77.4 Å². The van der Waals surface area contributed by atoms with E-state index < -0.39 is 0 Å². The molecule has 0 spiro atoms. The number of fused-ring (bicyclic) bond motifs is 1. The van der Waals surface area contributed by atoms with Crippen LogP contribution in [0, 0.1) is 0 Å². The fraction of sp³-hybridized carbons (Fsp3) is 0.346. The van der Waals surface area contributed by atoms with Gasteiger partial charge in [-0.25, -0.2) is 0 Å². The van der Waals surface area contributed by atoms with Crippen LogP contribution in [0.3, 0.4) is 0 Å². The number of rotatable bonds is 8. The van der Waals surface area contributed by atoms with E-state index in [1.54, 1.807) is 17.4 Å². The first-order valence-corrected chi connectivity index (χ1v) is 11.4. The van der Waals surface area contributed by atoms with Gasteiger partial charge in [0.2, 0.25) is 0 Å². The van der Waals surface area contributed by atoms with Crippen molar-refractivity contribution in [2.45, 2.75) is 25.5 Å². The summed E-state index contributed by atoms with van der Waals surface area (Å²) in [6, 6.07) is 17.7. The Morgan fingerprint density at radius 3 is 2.70 bits per heavy atom. The van der Waals surface area contributed by atoms with Gasteiger partial charge in [0.05, 0.1) is 24.4 Å². The van der Waals surface area contributed by atoms with Gasteiger partial charge in [0.15, 0.2) is 6.61 Å². The van der Waals surface area contributed by atoms with Crippen molar-refractivity contribution in [2.24, 2.45) is 0 Å². The normalized spacial score (nSPS) is 17.6. The van der Waals surface area contributed by atoms with E-state index in [9.17, 15) is 4.79 Å². The van der Waals surface area contributed by atoms with E-state index in [0.717, 1.165) is 54.8 Å². The molecule has 0 saturated carbocycles. The molecule has 1 amide bonds. The second kappa shape index (κ2) is 10.0. The molecular formula is C26H28N2O5. The quantitative estimate of drug-likeness (QED) is 0.516. The van der Waals surface area contributed by atoms with E-state index in [-0.39, 0.29) is 18.6 Å². The Morgan fingerprint density at radius 2 is 1.85 bits per heavy atom. The maximum Gasteiger partial charge on any atom is 0.297 e. The van der Waals surface area contributed by atoms with Crippen LogP contribution in [0.25, 0.3) is 11.0 Å². The van der Waals surface area contributed by atoms with Gasteiger partial charge in [-0.1, -0.05) is 36.4 Å². The van der Waals surface area contributed by atoms with Gasteiger partial charge in [0.1, 0.15) is 24.0 Å². The molecule has 5 rings (SSSR count). The maximum absolute atomic E-state index is 12.2. The van der Waals surface area contributed by atoms with Crippen LogP contribution in [-0.2, 0) is 20.8 Å². The molecule has 1 aromatic heterocycles. The van der Waals surface area contributed by atoms with Crippen molar-refractivity contribution in [3.05, 3.63) is 78.6 Å². The highest BCUT2D eigenvalue weighted by atomic mass is 16.7. The molecule has 7 nitrogen and oxygen atoms in total. The first kappa shape index (κ1) is 21.4. The largest absolute Gasteiger partial charge is 0.491 e. The third-order valence-electron chi connectivity index (χ3n) is 6.05. The standard InChI is InChI=1S/C26H28N2O5/c29-25-19-32-26(18-28(25)17-20-5-2-1-3-6-20)33-21-9-12-27(13-10-21)14-16-31-24-8-4-7-23-22(24)11-15-30-23/h1-8,11,15,18,21H,9-10,12-14,16-17,19H2. The van der Waals surface area contributed by atoms with Crippen molar-refractivity contribution in [3.63, 3.8) is 0 Å². The molecule has 0 N–H and O–H groups in total. The Balaban J connectivity index is 1.07. The number of furan rings is 1. The molecule has 3 heterocycles.